The Kier molecular flexibility index (Phi) is 2.22. The van der Waals surface area contributed by atoms with Crippen molar-refractivity contribution in [2.45, 2.75) is 12.8 Å². The van der Waals surface area contributed by atoms with Gasteiger partial charge in [0.2, 0.25) is 0 Å². The molecule has 1 aliphatic heterocycles. The molecule has 0 bridgehead atoms. The van der Waals surface area contributed by atoms with Crippen LogP contribution in [0.4, 0.5) is 18.9 Å². The summed E-state index contributed by atoms with van der Waals surface area (Å²) in [4.78, 5) is 0. The Bertz CT molecular complexity index is 378. The van der Waals surface area contributed by atoms with Crippen LogP contribution in [0, 0.1) is 0 Å². The SMILES string of the molecule is NN1CCc2c(OC(F)(F)F)cccc21. The summed E-state index contributed by atoms with van der Waals surface area (Å²) in [5.41, 5.74) is 1.11. The largest absolute Gasteiger partial charge is 0.573 e. The standard InChI is InChI=1S/C9H9F3N2O/c10-9(11,12)15-8-3-1-2-7-6(8)4-5-14(7)13/h1-3H,4-5,13H2. The maximum atomic E-state index is 12.0. The van der Waals surface area contributed by atoms with Crippen LogP contribution in [0.15, 0.2) is 18.2 Å². The van der Waals surface area contributed by atoms with Crippen LogP contribution >= 0.6 is 0 Å². The van der Waals surface area contributed by atoms with Crippen molar-refractivity contribution in [3.05, 3.63) is 23.8 Å². The molecule has 6 heteroatoms. The summed E-state index contributed by atoms with van der Waals surface area (Å²) in [5.74, 6) is 5.42. The number of halogens is 3. The van der Waals surface area contributed by atoms with E-state index >= 15 is 0 Å². The minimum absolute atomic E-state index is 0.159. The predicted octanol–water partition coefficient (Wildman–Crippen LogP) is 1.82. The van der Waals surface area contributed by atoms with E-state index in [4.69, 9.17) is 5.84 Å². The normalized spacial score (nSPS) is 15.3. The molecule has 0 radical (unpaired) electrons. The van der Waals surface area contributed by atoms with Gasteiger partial charge in [0.15, 0.2) is 0 Å². The molecule has 1 aromatic carbocycles. The molecule has 3 nitrogen and oxygen atoms in total. The molecule has 1 aliphatic rings. The zero-order chi connectivity index (χ0) is 11.1. The van der Waals surface area contributed by atoms with E-state index in [0.717, 1.165) is 0 Å². The van der Waals surface area contributed by atoms with Gasteiger partial charge in [-0.1, -0.05) is 6.07 Å². The highest BCUT2D eigenvalue weighted by atomic mass is 19.4. The molecular formula is C9H9F3N2O. The number of alkyl halides is 3. The third-order valence-corrected chi connectivity index (χ3v) is 2.25. The number of nitrogens with zero attached hydrogens (tertiary/aromatic N) is 1. The minimum atomic E-state index is -4.66. The average Bonchev–Trinajstić information content (AvgIpc) is 2.47. The molecule has 2 rings (SSSR count). The lowest BCUT2D eigenvalue weighted by Gasteiger charge is -2.14. The van der Waals surface area contributed by atoms with Crippen LogP contribution in [0.2, 0.25) is 0 Å². The van der Waals surface area contributed by atoms with Crippen molar-refractivity contribution in [1.29, 1.82) is 0 Å². The Balaban J connectivity index is 2.34. The lowest BCUT2D eigenvalue weighted by atomic mass is 10.1. The summed E-state index contributed by atoms with van der Waals surface area (Å²) in [7, 11) is 0. The smallest absolute Gasteiger partial charge is 0.405 e. The van der Waals surface area contributed by atoms with E-state index in [0.29, 0.717) is 24.2 Å². The summed E-state index contributed by atoms with van der Waals surface area (Å²) >= 11 is 0. The molecule has 0 saturated heterocycles. The van der Waals surface area contributed by atoms with E-state index < -0.39 is 6.36 Å². The summed E-state index contributed by atoms with van der Waals surface area (Å²) in [6.45, 7) is 0.508. The first-order valence-electron chi connectivity index (χ1n) is 4.37. The second-order valence-electron chi connectivity index (χ2n) is 3.25. The van der Waals surface area contributed by atoms with Crippen molar-refractivity contribution < 1.29 is 17.9 Å². The summed E-state index contributed by atoms with van der Waals surface area (Å²) in [6.07, 6.45) is -4.19. The van der Waals surface area contributed by atoms with Crippen LogP contribution in [0.3, 0.4) is 0 Å². The highest BCUT2D eigenvalue weighted by molar-refractivity contribution is 5.62. The molecule has 0 atom stereocenters. The van der Waals surface area contributed by atoms with Crippen molar-refractivity contribution >= 4 is 5.69 Å². The second kappa shape index (κ2) is 3.30. The van der Waals surface area contributed by atoms with Gasteiger partial charge in [0.1, 0.15) is 5.75 Å². The molecule has 82 valence electrons. The fourth-order valence-corrected chi connectivity index (χ4v) is 1.65. The molecule has 15 heavy (non-hydrogen) atoms. The summed E-state index contributed by atoms with van der Waals surface area (Å²) < 4.78 is 40.0. The maximum Gasteiger partial charge on any atom is 0.573 e. The third-order valence-electron chi connectivity index (χ3n) is 2.25. The Hall–Kier alpha value is -1.43. The summed E-state index contributed by atoms with van der Waals surface area (Å²) in [5, 5.41) is 1.42. The predicted molar refractivity (Wildman–Crippen MR) is 48.4 cm³/mol. The van der Waals surface area contributed by atoms with Crippen molar-refractivity contribution in [3.63, 3.8) is 0 Å². The van der Waals surface area contributed by atoms with Gasteiger partial charge in [0.25, 0.3) is 0 Å². The van der Waals surface area contributed by atoms with Crippen molar-refractivity contribution in [2.24, 2.45) is 5.84 Å². The maximum absolute atomic E-state index is 12.0. The van der Waals surface area contributed by atoms with Gasteiger partial charge in [-0.05, 0) is 18.6 Å². The van der Waals surface area contributed by atoms with Crippen molar-refractivity contribution in [1.82, 2.24) is 0 Å². The molecule has 0 aromatic heterocycles. The van der Waals surface area contributed by atoms with Gasteiger partial charge >= 0.3 is 6.36 Å². The number of hydrogen-bond donors (Lipinski definition) is 1. The van der Waals surface area contributed by atoms with Crippen LogP contribution in [0.5, 0.6) is 5.75 Å². The van der Waals surface area contributed by atoms with E-state index in [9.17, 15) is 13.2 Å². The lowest BCUT2D eigenvalue weighted by molar-refractivity contribution is -0.274. The van der Waals surface area contributed by atoms with Crippen molar-refractivity contribution in [2.75, 3.05) is 11.6 Å². The molecule has 0 amide bonds. The first-order valence-corrected chi connectivity index (χ1v) is 4.37. The summed E-state index contributed by atoms with van der Waals surface area (Å²) in [6, 6.07) is 4.46. The van der Waals surface area contributed by atoms with Gasteiger partial charge in [0.05, 0.1) is 5.69 Å². The van der Waals surface area contributed by atoms with Gasteiger partial charge in [0, 0.05) is 12.1 Å². The number of rotatable bonds is 1. The van der Waals surface area contributed by atoms with Crippen LogP contribution in [-0.4, -0.2) is 12.9 Å². The quantitative estimate of drug-likeness (QED) is 0.731. The van der Waals surface area contributed by atoms with Gasteiger partial charge in [-0.15, -0.1) is 13.2 Å². The molecular weight excluding hydrogens is 209 g/mol. The minimum Gasteiger partial charge on any atom is -0.405 e. The monoisotopic (exact) mass is 218 g/mol. The lowest BCUT2D eigenvalue weighted by Crippen LogP contribution is -2.27. The van der Waals surface area contributed by atoms with E-state index in [1.807, 2.05) is 0 Å². The van der Waals surface area contributed by atoms with Gasteiger partial charge in [-0.2, -0.15) is 0 Å². The van der Waals surface area contributed by atoms with Crippen molar-refractivity contribution in [3.8, 4) is 5.75 Å². The van der Waals surface area contributed by atoms with Gasteiger partial charge in [-0.25, -0.2) is 5.84 Å². The van der Waals surface area contributed by atoms with Crippen LogP contribution in [-0.2, 0) is 6.42 Å². The number of benzene rings is 1. The number of hydrazine groups is 1. The molecule has 0 fully saturated rings. The Labute approximate surface area is 84.2 Å². The molecule has 0 aliphatic carbocycles. The Morgan fingerprint density at radius 2 is 2.07 bits per heavy atom. The highest BCUT2D eigenvalue weighted by Gasteiger charge is 2.33. The third kappa shape index (κ3) is 1.99. The highest BCUT2D eigenvalue weighted by Crippen LogP contribution is 2.35. The fourth-order valence-electron chi connectivity index (χ4n) is 1.65. The van der Waals surface area contributed by atoms with Crippen LogP contribution in [0.1, 0.15) is 5.56 Å². The fraction of sp³-hybridized carbons (Fsp3) is 0.333. The molecule has 0 spiro atoms. The van der Waals surface area contributed by atoms with Crippen LogP contribution in [0.25, 0.3) is 0 Å². The topological polar surface area (TPSA) is 38.5 Å². The second-order valence-corrected chi connectivity index (χ2v) is 3.25. The van der Waals surface area contributed by atoms with E-state index in [1.165, 1.54) is 17.1 Å². The van der Waals surface area contributed by atoms with Gasteiger partial charge < -0.3 is 9.75 Å². The van der Waals surface area contributed by atoms with E-state index in [2.05, 4.69) is 4.74 Å². The molecule has 2 N–H and O–H groups in total. The van der Waals surface area contributed by atoms with Crippen LogP contribution < -0.4 is 15.6 Å². The number of anilines is 1. The molecule has 1 aromatic rings. The molecule has 1 heterocycles. The van der Waals surface area contributed by atoms with E-state index in [-0.39, 0.29) is 5.75 Å². The number of nitrogens with two attached hydrogens (primary N) is 1. The first kappa shape index (κ1) is 10.1. The molecule has 0 saturated carbocycles. The van der Waals surface area contributed by atoms with Gasteiger partial charge in [-0.3, -0.25) is 0 Å². The molecule has 0 unspecified atom stereocenters. The Morgan fingerprint density at radius 3 is 2.73 bits per heavy atom. The number of fused-ring (bicyclic) bond motifs is 1. The average molecular weight is 218 g/mol. The Morgan fingerprint density at radius 1 is 1.33 bits per heavy atom. The van der Waals surface area contributed by atoms with E-state index in [1.54, 1.807) is 6.07 Å². The number of hydrogen-bond acceptors (Lipinski definition) is 3. The number of ether oxygens (including phenoxy) is 1. The zero-order valence-electron chi connectivity index (χ0n) is 7.71. The first-order chi connectivity index (χ1) is 6.97. The zero-order valence-corrected chi connectivity index (χ0v) is 7.71.